The highest BCUT2D eigenvalue weighted by Gasteiger charge is 2.56. The van der Waals surface area contributed by atoms with Crippen LogP contribution in [0.2, 0.25) is 0 Å². The number of hydrogen-bond acceptors (Lipinski definition) is 3. The van der Waals surface area contributed by atoms with Crippen LogP contribution in [-0.4, -0.2) is 15.0 Å². The van der Waals surface area contributed by atoms with Gasteiger partial charge >= 0.3 is 0 Å². The van der Waals surface area contributed by atoms with Gasteiger partial charge in [-0.3, -0.25) is 0 Å². The first kappa shape index (κ1) is 10.7. The third-order valence-corrected chi connectivity index (χ3v) is 3.72. The molecular weight excluding hydrogens is 238 g/mol. The molecule has 2 atom stereocenters. The molecule has 4 nitrogen and oxygen atoms in total. The van der Waals surface area contributed by atoms with Crippen LogP contribution in [0.25, 0.3) is 11.0 Å². The molecule has 1 aliphatic heterocycles. The molecule has 0 bridgehead atoms. The minimum atomic E-state index is -0.308. The van der Waals surface area contributed by atoms with E-state index in [2.05, 4.69) is 29.4 Å². The first-order valence-electron chi connectivity index (χ1n) is 6.32. The molecule has 0 spiro atoms. The van der Waals surface area contributed by atoms with Crippen LogP contribution in [0.15, 0.2) is 54.6 Å². The maximum Gasteiger partial charge on any atom is 0.186 e. The fourth-order valence-corrected chi connectivity index (χ4v) is 2.52. The number of benzene rings is 2. The van der Waals surface area contributed by atoms with Gasteiger partial charge in [-0.05, 0) is 24.6 Å². The van der Waals surface area contributed by atoms with E-state index in [4.69, 9.17) is 4.74 Å². The predicted octanol–water partition coefficient (Wildman–Crippen LogP) is 2.88. The summed E-state index contributed by atoms with van der Waals surface area (Å²) in [6.45, 7) is 2.09. The summed E-state index contributed by atoms with van der Waals surface area (Å²) in [4.78, 5) is 0. The number of hydrogen-bond donors (Lipinski definition) is 0. The summed E-state index contributed by atoms with van der Waals surface area (Å²) in [6.07, 6.45) is -0.0812. The molecule has 0 radical (unpaired) electrons. The fourth-order valence-electron chi connectivity index (χ4n) is 2.52. The van der Waals surface area contributed by atoms with Crippen molar-refractivity contribution in [3.8, 4) is 0 Å². The number of rotatable bonds is 2. The van der Waals surface area contributed by atoms with E-state index in [1.165, 1.54) is 5.56 Å². The first-order chi connectivity index (χ1) is 9.29. The van der Waals surface area contributed by atoms with Crippen molar-refractivity contribution < 1.29 is 4.74 Å². The van der Waals surface area contributed by atoms with Gasteiger partial charge in [-0.15, -0.1) is 5.10 Å². The summed E-state index contributed by atoms with van der Waals surface area (Å²) < 4.78 is 7.77. The number of aromatic nitrogens is 3. The average molecular weight is 251 g/mol. The third kappa shape index (κ3) is 1.50. The zero-order chi connectivity index (χ0) is 12.9. The SMILES string of the molecule is C[C@@]1(c2ccccc2)O[C@H]1n1nnc2ccccc21. The number of fused-ring (bicyclic) bond motifs is 1. The van der Waals surface area contributed by atoms with E-state index in [1.54, 1.807) is 0 Å². The van der Waals surface area contributed by atoms with E-state index in [0.717, 1.165) is 11.0 Å². The summed E-state index contributed by atoms with van der Waals surface area (Å²) in [6, 6.07) is 18.2. The van der Waals surface area contributed by atoms with Crippen LogP contribution in [0.4, 0.5) is 0 Å². The largest absolute Gasteiger partial charge is 0.337 e. The Morgan fingerprint density at radius 3 is 2.63 bits per heavy atom. The quantitative estimate of drug-likeness (QED) is 0.658. The zero-order valence-electron chi connectivity index (χ0n) is 10.5. The standard InChI is InChI=1S/C15H13N3O/c1-15(11-7-3-2-4-8-11)14(19-15)18-13-10-6-5-9-12(13)16-17-18/h2-10,14H,1H3/t14-,15+/m1/s1. The lowest BCUT2D eigenvalue weighted by atomic mass is 10.0. The van der Waals surface area contributed by atoms with Gasteiger partial charge in [0.2, 0.25) is 0 Å². The maximum atomic E-state index is 5.90. The number of para-hydroxylation sites is 1. The Morgan fingerprint density at radius 1 is 1.05 bits per heavy atom. The lowest BCUT2D eigenvalue weighted by Gasteiger charge is -2.06. The van der Waals surface area contributed by atoms with Crippen molar-refractivity contribution >= 4 is 11.0 Å². The molecule has 0 N–H and O–H groups in total. The molecule has 2 aromatic carbocycles. The second-order valence-corrected chi connectivity index (χ2v) is 4.97. The molecule has 0 saturated carbocycles. The molecule has 1 fully saturated rings. The minimum absolute atomic E-state index is 0.0812. The molecule has 2 heterocycles. The van der Waals surface area contributed by atoms with Crippen LogP contribution in [-0.2, 0) is 10.3 Å². The normalized spacial score (nSPS) is 25.6. The average Bonchev–Trinajstić information content (AvgIpc) is 2.98. The Bertz CT molecular complexity index is 737. The molecule has 4 heteroatoms. The molecule has 3 aromatic rings. The van der Waals surface area contributed by atoms with Crippen LogP contribution in [0.5, 0.6) is 0 Å². The monoisotopic (exact) mass is 251 g/mol. The maximum absolute atomic E-state index is 5.90. The van der Waals surface area contributed by atoms with Gasteiger partial charge in [0.25, 0.3) is 0 Å². The summed E-state index contributed by atoms with van der Waals surface area (Å²) in [5.74, 6) is 0. The number of nitrogens with zero attached hydrogens (tertiary/aromatic N) is 3. The Labute approximate surface area is 110 Å². The van der Waals surface area contributed by atoms with E-state index in [0.29, 0.717) is 0 Å². The zero-order valence-corrected chi connectivity index (χ0v) is 10.5. The van der Waals surface area contributed by atoms with Crippen LogP contribution >= 0.6 is 0 Å². The summed E-state index contributed by atoms with van der Waals surface area (Å²) in [5.41, 5.74) is 2.76. The summed E-state index contributed by atoms with van der Waals surface area (Å²) in [7, 11) is 0. The lowest BCUT2D eigenvalue weighted by Crippen LogP contribution is -2.09. The molecule has 1 aliphatic rings. The van der Waals surface area contributed by atoms with E-state index in [9.17, 15) is 0 Å². The molecular formula is C15H13N3O. The molecule has 19 heavy (non-hydrogen) atoms. The molecule has 0 amide bonds. The molecule has 0 aliphatic carbocycles. The third-order valence-electron chi connectivity index (χ3n) is 3.72. The van der Waals surface area contributed by atoms with Crippen molar-refractivity contribution in [2.75, 3.05) is 0 Å². The van der Waals surface area contributed by atoms with E-state index >= 15 is 0 Å². The van der Waals surface area contributed by atoms with Gasteiger partial charge in [0.15, 0.2) is 6.23 Å². The van der Waals surface area contributed by atoms with E-state index < -0.39 is 0 Å². The van der Waals surface area contributed by atoms with Gasteiger partial charge in [0.1, 0.15) is 11.1 Å². The van der Waals surface area contributed by atoms with Crippen molar-refractivity contribution in [3.63, 3.8) is 0 Å². The second-order valence-electron chi connectivity index (χ2n) is 4.97. The van der Waals surface area contributed by atoms with Crippen molar-refractivity contribution in [2.45, 2.75) is 18.8 Å². The van der Waals surface area contributed by atoms with Gasteiger partial charge in [0.05, 0.1) is 5.52 Å². The lowest BCUT2D eigenvalue weighted by molar-refractivity contribution is 0.287. The Morgan fingerprint density at radius 2 is 1.79 bits per heavy atom. The van der Waals surface area contributed by atoms with E-state index in [1.807, 2.05) is 47.1 Å². The van der Waals surface area contributed by atoms with Crippen LogP contribution in [0.1, 0.15) is 18.7 Å². The smallest absolute Gasteiger partial charge is 0.186 e. The summed E-state index contributed by atoms with van der Waals surface area (Å²) in [5, 5.41) is 8.39. The molecule has 1 aromatic heterocycles. The Kier molecular flexibility index (Phi) is 2.05. The highest BCUT2D eigenvalue weighted by atomic mass is 16.6. The van der Waals surface area contributed by atoms with Crippen molar-refractivity contribution in [1.29, 1.82) is 0 Å². The van der Waals surface area contributed by atoms with Crippen LogP contribution in [0, 0.1) is 0 Å². The minimum Gasteiger partial charge on any atom is -0.337 e. The van der Waals surface area contributed by atoms with Gasteiger partial charge in [-0.2, -0.15) is 0 Å². The van der Waals surface area contributed by atoms with Crippen LogP contribution in [0.3, 0.4) is 0 Å². The Hall–Kier alpha value is -2.20. The van der Waals surface area contributed by atoms with Gasteiger partial charge in [-0.1, -0.05) is 47.7 Å². The van der Waals surface area contributed by atoms with Gasteiger partial charge in [-0.25, -0.2) is 4.68 Å². The van der Waals surface area contributed by atoms with Crippen molar-refractivity contribution in [2.24, 2.45) is 0 Å². The van der Waals surface area contributed by atoms with Gasteiger partial charge < -0.3 is 4.74 Å². The number of epoxide rings is 1. The predicted molar refractivity (Wildman–Crippen MR) is 71.4 cm³/mol. The molecule has 94 valence electrons. The molecule has 1 saturated heterocycles. The Balaban J connectivity index is 1.77. The molecule has 0 unspecified atom stereocenters. The van der Waals surface area contributed by atoms with E-state index in [-0.39, 0.29) is 11.8 Å². The topological polar surface area (TPSA) is 43.2 Å². The first-order valence-corrected chi connectivity index (χ1v) is 6.32. The highest BCUT2D eigenvalue weighted by Crippen LogP contribution is 2.53. The van der Waals surface area contributed by atoms with Crippen molar-refractivity contribution in [1.82, 2.24) is 15.0 Å². The number of ether oxygens (including phenoxy) is 1. The summed E-state index contributed by atoms with van der Waals surface area (Å²) >= 11 is 0. The highest BCUT2D eigenvalue weighted by molar-refractivity contribution is 5.74. The fraction of sp³-hybridized carbons (Fsp3) is 0.200. The second kappa shape index (κ2) is 3.65. The van der Waals surface area contributed by atoms with Gasteiger partial charge in [0, 0.05) is 0 Å². The van der Waals surface area contributed by atoms with Crippen LogP contribution < -0.4 is 0 Å². The van der Waals surface area contributed by atoms with Crippen molar-refractivity contribution in [3.05, 3.63) is 60.2 Å². The molecule has 4 rings (SSSR count).